The third kappa shape index (κ3) is 5.53. The first-order chi connectivity index (χ1) is 16.9. The van der Waals surface area contributed by atoms with E-state index in [0.29, 0.717) is 29.5 Å². The first-order valence-electron chi connectivity index (χ1n) is 12.1. The Morgan fingerprint density at radius 2 is 1.71 bits per heavy atom. The lowest BCUT2D eigenvalue weighted by Crippen LogP contribution is -2.45. The molecule has 11 heteroatoms. The molecular weight excluding hydrogens is 516 g/mol. The first-order valence-corrected chi connectivity index (χ1v) is 12.9. The maximum atomic E-state index is 12.1. The van der Waals surface area contributed by atoms with Gasteiger partial charge in [-0.3, -0.25) is 4.79 Å². The minimum Gasteiger partial charge on any atom is -0.393 e. The van der Waals surface area contributed by atoms with Crippen molar-refractivity contribution in [2.45, 2.75) is 56.5 Å². The van der Waals surface area contributed by atoms with Crippen LogP contribution in [0.4, 0.5) is 23.0 Å². The van der Waals surface area contributed by atoms with Gasteiger partial charge in [0.05, 0.1) is 19.3 Å². The smallest absolute Gasteiger partial charge is 0.271 e. The molecule has 35 heavy (non-hydrogen) atoms. The van der Waals surface area contributed by atoms with Crippen LogP contribution in [-0.4, -0.2) is 65.2 Å². The number of aliphatic hydroxyl groups is 1. The molecule has 1 aliphatic carbocycles. The second kappa shape index (κ2) is 10.3. The van der Waals surface area contributed by atoms with Crippen molar-refractivity contribution in [3.8, 4) is 0 Å². The Balaban J connectivity index is 1.28. The van der Waals surface area contributed by atoms with Crippen LogP contribution in [0.3, 0.4) is 0 Å². The van der Waals surface area contributed by atoms with Gasteiger partial charge in [0.15, 0.2) is 23.1 Å². The number of anilines is 4. The molecule has 0 atom stereocenters. The van der Waals surface area contributed by atoms with E-state index < -0.39 is 11.7 Å². The van der Waals surface area contributed by atoms with Gasteiger partial charge in [-0.25, -0.2) is 9.97 Å². The van der Waals surface area contributed by atoms with E-state index in [4.69, 9.17) is 15.2 Å². The average Bonchev–Trinajstić information content (AvgIpc) is 3.31. The summed E-state index contributed by atoms with van der Waals surface area (Å²) in [4.78, 5) is 23.3. The van der Waals surface area contributed by atoms with E-state index in [0.717, 1.165) is 63.0 Å². The van der Waals surface area contributed by atoms with Gasteiger partial charge in [-0.05, 0) is 65.9 Å². The number of aliphatic hydroxyl groups excluding tert-OH is 1. The van der Waals surface area contributed by atoms with Crippen LogP contribution in [0.25, 0.3) is 0 Å². The van der Waals surface area contributed by atoms with Crippen molar-refractivity contribution in [3.05, 3.63) is 34.6 Å². The van der Waals surface area contributed by atoms with Gasteiger partial charge in [0.25, 0.3) is 5.91 Å². The van der Waals surface area contributed by atoms with Gasteiger partial charge in [0, 0.05) is 43.3 Å². The number of amides is 1. The predicted octanol–water partition coefficient (Wildman–Crippen LogP) is 3.14. The van der Waals surface area contributed by atoms with Gasteiger partial charge in [0.1, 0.15) is 4.60 Å². The van der Waals surface area contributed by atoms with Crippen molar-refractivity contribution in [2.75, 3.05) is 41.8 Å². The van der Waals surface area contributed by atoms with E-state index in [-0.39, 0.29) is 17.8 Å². The molecule has 1 amide bonds. The molecule has 2 aromatic rings. The SMILES string of the molecule is NC(=O)c1nc(Br)c(NC2CCC(O)CC2)nc1Nc1ccc(N2CCC3(CC2)OCCO3)cc1. The highest BCUT2D eigenvalue weighted by atomic mass is 79.9. The Hall–Kier alpha value is -2.47. The van der Waals surface area contributed by atoms with Gasteiger partial charge in [-0.1, -0.05) is 0 Å². The summed E-state index contributed by atoms with van der Waals surface area (Å²) in [6.07, 6.45) is 4.63. The highest BCUT2D eigenvalue weighted by Gasteiger charge is 2.39. The summed E-state index contributed by atoms with van der Waals surface area (Å²) in [7, 11) is 0. The molecule has 0 radical (unpaired) electrons. The Kier molecular flexibility index (Phi) is 7.10. The number of rotatable bonds is 6. The van der Waals surface area contributed by atoms with E-state index in [9.17, 15) is 9.90 Å². The minimum atomic E-state index is -0.664. The third-order valence-electron chi connectivity index (χ3n) is 6.96. The summed E-state index contributed by atoms with van der Waals surface area (Å²) in [5.41, 5.74) is 7.53. The molecule has 3 fully saturated rings. The number of aromatic nitrogens is 2. The molecule has 188 valence electrons. The zero-order chi connectivity index (χ0) is 24.4. The zero-order valence-corrected chi connectivity index (χ0v) is 21.1. The molecule has 3 heterocycles. The van der Waals surface area contributed by atoms with Crippen LogP contribution in [0, 0.1) is 0 Å². The average molecular weight is 547 g/mol. The van der Waals surface area contributed by atoms with E-state index in [1.807, 2.05) is 24.3 Å². The maximum absolute atomic E-state index is 12.1. The number of piperidine rings is 1. The Labute approximate surface area is 212 Å². The van der Waals surface area contributed by atoms with Crippen LogP contribution < -0.4 is 21.3 Å². The Morgan fingerprint density at radius 3 is 2.34 bits per heavy atom. The van der Waals surface area contributed by atoms with Crippen LogP contribution in [0.5, 0.6) is 0 Å². The molecule has 1 saturated carbocycles. The highest BCUT2D eigenvalue weighted by molar-refractivity contribution is 9.10. The third-order valence-corrected chi connectivity index (χ3v) is 7.51. The summed E-state index contributed by atoms with van der Waals surface area (Å²) in [5, 5.41) is 16.3. The van der Waals surface area contributed by atoms with Crippen molar-refractivity contribution < 1.29 is 19.4 Å². The summed E-state index contributed by atoms with van der Waals surface area (Å²) in [5.74, 6) is -0.230. The molecule has 10 nitrogen and oxygen atoms in total. The van der Waals surface area contributed by atoms with Gasteiger partial charge in [-0.2, -0.15) is 0 Å². The summed E-state index contributed by atoms with van der Waals surface area (Å²) >= 11 is 3.41. The second-order valence-corrected chi connectivity index (χ2v) is 10.1. The Bertz CT molecular complexity index is 1040. The first kappa shape index (κ1) is 24.2. The number of primary amides is 1. The number of hydrogen-bond acceptors (Lipinski definition) is 9. The highest BCUT2D eigenvalue weighted by Crippen LogP contribution is 2.34. The van der Waals surface area contributed by atoms with Crippen molar-refractivity contribution in [1.29, 1.82) is 0 Å². The molecule has 5 rings (SSSR count). The monoisotopic (exact) mass is 546 g/mol. The van der Waals surface area contributed by atoms with E-state index >= 15 is 0 Å². The van der Waals surface area contributed by atoms with Crippen LogP contribution in [0.2, 0.25) is 0 Å². The molecule has 0 bridgehead atoms. The second-order valence-electron chi connectivity index (χ2n) is 9.34. The Morgan fingerprint density at radius 1 is 1.06 bits per heavy atom. The molecular formula is C24H31BrN6O4. The van der Waals surface area contributed by atoms with Gasteiger partial charge >= 0.3 is 0 Å². The number of nitrogens with zero attached hydrogens (tertiary/aromatic N) is 3. The molecule has 2 saturated heterocycles. The van der Waals surface area contributed by atoms with Crippen LogP contribution in [0.15, 0.2) is 28.9 Å². The normalized spacial score (nSPS) is 23.9. The number of benzene rings is 1. The van der Waals surface area contributed by atoms with E-state index in [1.165, 1.54) is 0 Å². The van der Waals surface area contributed by atoms with Crippen molar-refractivity contribution in [3.63, 3.8) is 0 Å². The molecule has 5 N–H and O–H groups in total. The van der Waals surface area contributed by atoms with Gasteiger partial charge < -0.3 is 35.8 Å². The van der Waals surface area contributed by atoms with E-state index in [2.05, 4.69) is 41.4 Å². The fraction of sp³-hybridized carbons (Fsp3) is 0.542. The van der Waals surface area contributed by atoms with Gasteiger partial charge in [-0.15, -0.1) is 0 Å². The number of carbonyl (C=O) groups excluding carboxylic acids is 1. The predicted molar refractivity (Wildman–Crippen MR) is 136 cm³/mol. The van der Waals surface area contributed by atoms with Crippen molar-refractivity contribution in [1.82, 2.24) is 9.97 Å². The van der Waals surface area contributed by atoms with Crippen molar-refractivity contribution in [2.24, 2.45) is 5.73 Å². The summed E-state index contributed by atoms with van der Waals surface area (Å²) < 4.78 is 12.1. The fourth-order valence-electron chi connectivity index (χ4n) is 4.96. The van der Waals surface area contributed by atoms with Crippen LogP contribution >= 0.6 is 15.9 Å². The fourth-order valence-corrected chi connectivity index (χ4v) is 5.34. The number of ether oxygens (including phenoxy) is 2. The van der Waals surface area contributed by atoms with Crippen molar-refractivity contribution >= 4 is 44.8 Å². The largest absolute Gasteiger partial charge is 0.393 e. The van der Waals surface area contributed by atoms with Crippen LogP contribution in [0.1, 0.15) is 49.0 Å². The number of hydrogen-bond donors (Lipinski definition) is 4. The molecule has 1 aromatic heterocycles. The molecule has 2 aliphatic heterocycles. The van der Waals surface area contributed by atoms with Gasteiger partial charge in [0.2, 0.25) is 0 Å². The number of nitrogens with one attached hydrogen (secondary N) is 2. The summed E-state index contributed by atoms with van der Waals surface area (Å²) in [6, 6.07) is 8.16. The molecule has 1 aromatic carbocycles. The van der Waals surface area contributed by atoms with E-state index in [1.54, 1.807) is 0 Å². The number of carbonyl (C=O) groups is 1. The van der Waals surface area contributed by atoms with Crippen LogP contribution in [-0.2, 0) is 9.47 Å². The lowest BCUT2D eigenvalue weighted by Gasteiger charge is -2.38. The molecule has 0 unspecified atom stereocenters. The quantitative estimate of drug-likeness (QED) is 0.430. The minimum absolute atomic E-state index is 0.0588. The topological polar surface area (TPSA) is 135 Å². The number of nitrogens with two attached hydrogens (primary N) is 1. The maximum Gasteiger partial charge on any atom is 0.271 e. The molecule has 3 aliphatic rings. The summed E-state index contributed by atoms with van der Waals surface area (Å²) in [6.45, 7) is 3.08. The lowest BCUT2D eigenvalue weighted by molar-refractivity contribution is -0.169. The molecule has 1 spiro atoms. The zero-order valence-electron chi connectivity index (χ0n) is 19.5. The lowest BCUT2D eigenvalue weighted by atomic mass is 9.93. The standard InChI is InChI=1S/C24H31BrN6O4/c25-20-23(28-16-3-7-18(32)8-4-16)30-22(19(29-20)21(26)33)27-15-1-5-17(6-2-15)31-11-9-24(10-12-31)34-13-14-35-24/h1-2,5-6,16,18,32H,3-4,7-14H2,(H2,26,33)(H2,27,28,30). The number of halogens is 1.